The van der Waals surface area contributed by atoms with Gasteiger partial charge in [-0.3, -0.25) is 0 Å². The van der Waals surface area contributed by atoms with E-state index in [0.29, 0.717) is 0 Å². The molecule has 2 nitrogen and oxygen atoms in total. The Morgan fingerprint density at radius 2 is 1.60 bits per heavy atom. The maximum absolute atomic E-state index is 11.6. The van der Waals surface area contributed by atoms with Gasteiger partial charge in [0.2, 0.25) is 0 Å². The summed E-state index contributed by atoms with van der Waals surface area (Å²) >= 11 is 0. The highest BCUT2D eigenvalue weighted by Crippen LogP contribution is 2.15. The zero-order valence-corrected chi connectivity index (χ0v) is 7.87. The molecule has 0 rings (SSSR count). The second-order valence-electron chi connectivity index (χ2n) is 2.98. The first-order valence-electron chi connectivity index (χ1n) is 4.06. The Bertz CT molecular complexity index is 177. The Labute approximate surface area is 82.6 Å². The Kier molecular flexibility index (Phi) is 5.36. The number of hydrogen-bond donors (Lipinski definition) is 1. The second-order valence-corrected chi connectivity index (χ2v) is 2.98. The van der Waals surface area contributed by atoms with Crippen molar-refractivity contribution in [2.24, 2.45) is 0 Å². The van der Waals surface area contributed by atoms with Gasteiger partial charge in [0.25, 0.3) is 0 Å². The molecule has 0 bridgehead atoms. The number of rotatable bonds is 5. The van der Waals surface area contributed by atoms with Gasteiger partial charge in [-0.15, -0.1) is 0 Å². The average molecular weight is 239 g/mol. The minimum absolute atomic E-state index is 0.282. The molecule has 0 aromatic rings. The van der Waals surface area contributed by atoms with E-state index in [2.05, 4.69) is 4.74 Å². The van der Waals surface area contributed by atoms with Gasteiger partial charge < -0.3 is 10.1 Å². The highest BCUT2D eigenvalue weighted by atomic mass is 19.4. The first kappa shape index (κ1) is 14.5. The molecule has 0 heterocycles. The van der Waals surface area contributed by atoms with Gasteiger partial charge in [-0.05, 0) is 6.92 Å². The minimum Gasteiger partial charge on any atom is -0.368 e. The fourth-order valence-electron chi connectivity index (χ4n) is 0.713. The SMILES string of the molecule is CC(CNCC(F)(F)F)OCC(F)(F)F. The zero-order chi connectivity index (χ0) is 12.1. The molecular weight excluding hydrogens is 228 g/mol. The third-order valence-electron chi connectivity index (χ3n) is 1.29. The third kappa shape index (κ3) is 11.4. The molecule has 0 aliphatic carbocycles. The smallest absolute Gasteiger partial charge is 0.368 e. The topological polar surface area (TPSA) is 21.3 Å². The van der Waals surface area contributed by atoms with Crippen LogP contribution in [0.1, 0.15) is 6.92 Å². The van der Waals surface area contributed by atoms with Crippen LogP contribution in [0.5, 0.6) is 0 Å². The molecule has 0 fully saturated rings. The van der Waals surface area contributed by atoms with Crippen molar-refractivity contribution in [2.45, 2.75) is 25.4 Å². The van der Waals surface area contributed by atoms with Crippen LogP contribution in [0, 0.1) is 0 Å². The van der Waals surface area contributed by atoms with Gasteiger partial charge in [0.15, 0.2) is 0 Å². The summed E-state index contributed by atoms with van der Waals surface area (Å²) in [5.74, 6) is 0. The van der Waals surface area contributed by atoms with E-state index in [9.17, 15) is 26.3 Å². The third-order valence-corrected chi connectivity index (χ3v) is 1.29. The second kappa shape index (κ2) is 5.55. The summed E-state index contributed by atoms with van der Waals surface area (Å²) in [6.45, 7) is -1.72. The highest BCUT2D eigenvalue weighted by molar-refractivity contribution is 4.60. The summed E-state index contributed by atoms with van der Waals surface area (Å²) in [5.41, 5.74) is 0. The molecule has 0 saturated carbocycles. The van der Waals surface area contributed by atoms with Crippen LogP contribution in [0.25, 0.3) is 0 Å². The van der Waals surface area contributed by atoms with Crippen molar-refractivity contribution in [1.29, 1.82) is 0 Å². The van der Waals surface area contributed by atoms with E-state index in [1.165, 1.54) is 6.92 Å². The van der Waals surface area contributed by atoms with Crippen molar-refractivity contribution in [3.05, 3.63) is 0 Å². The van der Waals surface area contributed by atoms with E-state index in [0.717, 1.165) is 0 Å². The Morgan fingerprint density at radius 3 is 2.00 bits per heavy atom. The van der Waals surface area contributed by atoms with Gasteiger partial charge in [-0.1, -0.05) is 0 Å². The largest absolute Gasteiger partial charge is 0.411 e. The molecule has 0 spiro atoms. The van der Waals surface area contributed by atoms with Crippen LogP contribution in [0.2, 0.25) is 0 Å². The lowest BCUT2D eigenvalue weighted by Gasteiger charge is -2.16. The van der Waals surface area contributed by atoms with E-state index in [4.69, 9.17) is 0 Å². The lowest BCUT2D eigenvalue weighted by atomic mass is 10.4. The molecule has 0 amide bonds. The quantitative estimate of drug-likeness (QED) is 0.742. The van der Waals surface area contributed by atoms with Crippen LogP contribution in [0.3, 0.4) is 0 Å². The van der Waals surface area contributed by atoms with Crippen LogP contribution in [0.4, 0.5) is 26.3 Å². The lowest BCUT2D eigenvalue weighted by Crippen LogP contribution is -2.35. The molecule has 8 heteroatoms. The Balaban J connectivity index is 3.54. The molecule has 0 radical (unpaired) electrons. The molecular formula is C7H11F6NO. The molecule has 1 N–H and O–H groups in total. The summed E-state index contributed by atoms with van der Waals surface area (Å²) < 4.78 is 73.9. The Hall–Kier alpha value is -0.500. The first-order chi connectivity index (χ1) is 6.60. The molecule has 0 aromatic heterocycles. The molecule has 0 aliphatic heterocycles. The first-order valence-corrected chi connectivity index (χ1v) is 4.06. The minimum atomic E-state index is -4.46. The zero-order valence-electron chi connectivity index (χ0n) is 7.87. The molecule has 1 atom stereocenters. The monoisotopic (exact) mass is 239 g/mol. The fraction of sp³-hybridized carbons (Fsp3) is 1.00. The van der Waals surface area contributed by atoms with Crippen LogP contribution in [-0.4, -0.2) is 38.2 Å². The van der Waals surface area contributed by atoms with Crippen LogP contribution >= 0.6 is 0 Å². The number of nitrogens with one attached hydrogen (secondary N) is 1. The number of ether oxygens (including phenoxy) is 1. The Morgan fingerprint density at radius 1 is 1.07 bits per heavy atom. The summed E-state index contributed by atoms with van der Waals surface area (Å²) in [4.78, 5) is 0. The van der Waals surface area contributed by atoms with Gasteiger partial charge >= 0.3 is 12.4 Å². The molecule has 0 saturated heterocycles. The van der Waals surface area contributed by atoms with Crippen molar-refractivity contribution in [3.63, 3.8) is 0 Å². The van der Waals surface area contributed by atoms with Gasteiger partial charge in [0.05, 0.1) is 12.6 Å². The van der Waals surface area contributed by atoms with Crippen molar-refractivity contribution >= 4 is 0 Å². The molecule has 15 heavy (non-hydrogen) atoms. The van der Waals surface area contributed by atoms with E-state index in [-0.39, 0.29) is 6.54 Å². The van der Waals surface area contributed by atoms with Crippen LogP contribution < -0.4 is 5.32 Å². The van der Waals surface area contributed by atoms with Crippen molar-refractivity contribution in [2.75, 3.05) is 19.7 Å². The number of alkyl halides is 6. The molecule has 1 unspecified atom stereocenters. The standard InChI is InChI=1S/C7H11F6NO/c1-5(15-4-7(11,12)13)2-14-3-6(8,9)10/h5,14H,2-4H2,1H3. The van der Waals surface area contributed by atoms with Gasteiger partial charge in [0, 0.05) is 6.54 Å². The van der Waals surface area contributed by atoms with E-state index in [1.807, 2.05) is 5.32 Å². The van der Waals surface area contributed by atoms with Gasteiger partial charge in [0.1, 0.15) is 6.61 Å². The average Bonchev–Trinajstić information content (AvgIpc) is 1.97. The normalized spacial score (nSPS) is 15.4. The predicted molar refractivity (Wildman–Crippen MR) is 40.4 cm³/mol. The number of halogens is 6. The van der Waals surface area contributed by atoms with Crippen molar-refractivity contribution in [1.82, 2.24) is 5.32 Å². The molecule has 0 aliphatic rings. The maximum atomic E-state index is 11.6. The maximum Gasteiger partial charge on any atom is 0.411 e. The lowest BCUT2D eigenvalue weighted by molar-refractivity contribution is -0.184. The van der Waals surface area contributed by atoms with E-state index in [1.54, 1.807) is 0 Å². The van der Waals surface area contributed by atoms with Crippen molar-refractivity contribution in [3.8, 4) is 0 Å². The highest BCUT2D eigenvalue weighted by Gasteiger charge is 2.29. The van der Waals surface area contributed by atoms with E-state index < -0.39 is 31.6 Å². The van der Waals surface area contributed by atoms with Gasteiger partial charge in [-0.2, -0.15) is 26.3 Å². The van der Waals surface area contributed by atoms with Crippen LogP contribution in [0.15, 0.2) is 0 Å². The summed E-state index contributed by atoms with van der Waals surface area (Å²) in [7, 11) is 0. The molecule has 92 valence electrons. The molecule has 0 aromatic carbocycles. The van der Waals surface area contributed by atoms with Crippen molar-refractivity contribution < 1.29 is 31.1 Å². The summed E-state index contributed by atoms with van der Waals surface area (Å²) in [6.07, 6.45) is -9.75. The fourth-order valence-corrected chi connectivity index (χ4v) is 0.713. The van der Waals surface area contributed by atoms with Gasteiger partial charge in [-0.25, -0.2) is 0 Å². The predicted octanol–water partition coefficient (Wildman–Crippen LogP) is 2.11. The summed E-state index contributed by atoms with van der Waals surface area (Å²) in [6, 6.07) is 0. The number of hydrogen-bond acceptors (Lipinski definition) is 2. The summed E-state index contributed by atoms with van der Waals surface area (Å²) in [5, 5.41) is 1.94. The van der Waals surface area contributed by atoms with E-state index >= 15 is 0 Å². The van der Waals surface area contributed by atoms with Crippen LogP contribution in [-0.2, 0) is 4.74 Å².